The third kappa shape index (κ3) is 5.44. The van der Waals surface area contributed by atoms with Crippen molar-refractivity contribution in [1.82, 2.24) is 4.90 Å². The maximum absolute atomic E-state index is 13.2. The van der Waals surface area contributed by atoms with Crippen molar-refractivity contribution in [3.8, 4) is 11.5 Å². The summed E-state index contributed by atoms with van der Waals surface area (Å²) in [5.41, 5.74) is 3.13. The molecule has 1 amide bonds. The topological polar surface area (TPSA) is 55.2 Å². The molecule has 0 aliphatic carbocycles. The van der Waals surface area contributed by atoms with Gasteiger partial charge in [0.1, 0.15) is 17.3 Å². The van der Waals surface area contributed by atoms with Gasteiger partial charge in [0.05, 0.1) is 14.2 Å². The Balaban J connectivity index is 1.76. The Morgan fingerprint density at radius 2 is 1.69 bits per heavy atom. The van der Waals surface area contributed by atoms with E-state index in [9.17, 15) is 4.79 Å². The summed E-state index contributed by atoms with van der Waals surface area (Å²) in [5, 5.41) is 0. The average molecular weight is 437 g/mol. The van der Waals surface area contributed by atoms with Crippen LogP contribution in [0.4, 0.5) is 5.69 Å². The molecule has 3 rings (SSSR count). The van der Waals surface area contributed by atoms with Gasteiger partial charge in [0, 0.05) is 44.4 Å². The summed E-state index contributed by atoms with van der Waals surface area (Å²) in [4.78, 5) is 17.1. The number of amides is 1. The summed E-state index contributed by atoms with van der Waals surface area (Å²) in [6.45, 7) is 4.54. The number of hydrogen-bond donors (Lipinski definition) is 0. The van der Waals surface area contributed by atoms with Crippen molar-refractivity contribution in [3.63, 3.8) is 0 Å². The fraction of sp³-hybridized carbons (Fsp3) is 0.346. The van der Waals surface area contributed by atoms with Crippen LogP contribution >= 0.6 is 0 Å². The Morgan fingerprint density at radius 1 is 0.969 bits per heavy atom. The van der Waals surface area contributed by atoms with Crippen molar-refractivity contribution in [2.75, 3.05) is 33.2 Å². The predicted octanol–water partition coefficient (Wildman–Crippen LogP) is 5.00. The minimum Gasteiger partial charge on any atom is -0.497 e. The molecule has 2 aromatic carbocycles. The standard InChI is InChI=1S/C26H32N2O4/c1-18(2)28(17-19-7-9-21(10-8-19)27(3)4)26(29)25-14-12-23(32-25)16-20-15-22(30-5)11-13-24(20)31-6/h7-15,18H,16-17H2,1-6H3. The molecule has 0 aliphatic heterocycles. The minimum atomic E-state index is -0.124. The number of carbonyl (C=O) groups is 1. The summed E-state index contributed by atoms with van der Waals surface area (Å²) in [5.74, 6) is 2.40. The van der Waals surface area contributed by atoms with Gasteiger partial charge in [-0.15, -0.1) is 0 Å². The highest BCUT2D eigenvalue weighted by molar-refractivity contribution is 5.91. The fourth-order valence-corrected chi connectivity index (χ4v) is 3.52. The SMILES string of the molecule is COc1ccc(OC)c(Cc2ccc(C(=O)N(Cc3ccc(N(C)C)cc3)C(C)C)o2)c1. The van der Waals surface area contributed by atoms with Crippen LogP contribution in [-0.2, 0) is 13.0 Å². The zero-order valence-electron chi connectivity index (χ0n) is 19.7. The molecule has 32 heavy (non-hydrogen) atoms. The lowest BCUT2D eigenvalue weighted by Crippen LogP contribution is -2.36. The molecule has 0 N–H and O–H groups in total. The van der Waals surface area contributed by atoms with E-state index in [1.807, 2.05) is 57.1 Å². The third-order valence-corrected chi connectivity index (χ3v) is 5.41. The Bertz CT molecular complexity index is 1040. The second-order valence-corrected chi connectivity index (χ2v) is 8.21. The van der Waals surface area contributed by atoms with E-state index in [0.717, 1.165) is 28.3 Å². The van der Waals surface area contributed by atoms with Crippen LogP contribution in [0.25, 0.3) is 0 Å². The van der Waals surface area contributed by atoms with Gasteiger partial charge in [-0.05, 0) is 61.9 Å². The zero-order valence-corrected chi connectivity index (χ0v) is 19.7. The van der Waals surface area contributed by atoms with Crippen LogP contribution in [0.3, 0.4) is 0 Å². The van der Waals surface area contributed by atoms with Gasteiger partial charge in [-0.25, -0.2) is 0 Å². The Hall–Kier alpha value is -3.41. The molecule has 1 heterocycles. The molecule has 1 aromatic heterocycles. The highest BCUT2D eigenvalue weighted by atomic mass is 16.5. The minimum absolute atomic E-state index is 0.0306. The predicted molar refractivity (Wildman–Crippen MR) is 127 cm³/mol. The lowest BCUT2D eigenvalue weighted by atomic mass is 10.1. The largest absolute Gasteiger partial charge is 0.497 e. The van der Waals surface area contributed by atoms with Gasteiger partial charge in [0.2, 0.25) is 0 Å². The van der Waals surface area contributed by atoms with Gasteiger partial charge in [-0.3, -0.25) is 4.79 Å². The normalized spacial score (nSPS) is 10.8. The molecule has 0 bridgehead atoms. The number of nitrogens with zero attached hydrogens (tertiary/aromatic N) is 2. The van der Waals surface area contributed by atoms with E-state index in [1.165, 1.54) is 0 Å². The summed E-state index contributed by atoms with van der Waals surface area (Å²) < 4.78 is 16.7. The van der Waals surface area contributed by atoms with Crippen molar-refractivity contribution in [3.05, 3.63) is 77.2 Å². The van der Waals surface area contributed by atoms with Gasteiger partial charge < -0.3 is 23.7 Å². The van der Waals surface area contributed by atoms with E-state index >= 15 is 0 Å². The van der Waals surface area contributed by atoms with Gasteiger partial charge in [0.15, 0.2) is 5.76 Å². The molecule has 0 radical (unpaired) electrons. The Morgan fingerprint density at radius 3 is 2.28 bits per heavy atom. The average Bonchev–Trinajstić information content (AvgIpc) is 3.25. The van der Waals surface area contributed by atoms with Gasteiger partial charge >= 0.3 is 0 Å². The second kappa shape index (κ2) is 10.3. The number of carbonyl (C=O) groups excluding carboxylic acids is 1. The highest BCUT2D eigenvalue weighted by Crippen LogP contribution is 2.27. The van der Waals surface area contributed by atoms with E-state index in [1.54, 1.807) is 20.3 Å². The molecule has 0 saturated heterocycles. The summed E-state index contributed by atoms with van der Waals surface area (Å²) in [6.07, 6.45) is 0.501. The van der Waals surface area contributed by atoms with Crippen LogP contribution in [0.15, 0.2) is 59.0 Å². The first-order valence-corrected chi connectivity index (χ1v) is 10.7. The zero-order chi connectivity index (χ0) is 23.3. The quantitative estimate of drug-likeness (QED) is 0.472. The van der Waals surface area contributed by atoms with Crippen LogP contribution in [0.5, 0.6) is 11.5 Å². The molecule has 0 aliphatic rings. The maximum atomic E-state index is 13.2. The number of furan rings is 1. The molecule has 0 saturated carbocycles. The van der Waals surface area contributed by atoms with Crippen LogP contribution < -0.4 is 14.4 Å². The van der Waals surface area contributed by atoms with Gasteiger partial charge in [-0.1, -0.05) is 12.1 Å². The van der Waals surface area contributed by atoms with Crippen LogP contribution in [0.1, 0.15) is 41.3 Å². The molecular weight excluding hydrogens is 404 g/mol. The maximum Gasteiger partial charge on any atom is 0.290 e. The molecule has 6 heteroatoms. The molecule has 170 valence electrons. The molecule has 0 spiro atoms. The number of anilines is 1. The van der Waals surface area contributed by atoms with E-state index in [4.69, 9.17) is 13.9 Å². The molecule has 0 unspecified atom stereocenters. The lowest BCUT2D eigenvalue weighted by molar-refractivity contribution is 0.0656. The van der Waals surface area contributed by atoms with E-state index < -0.39 is 0 Å². The molecule has 0 atom stereocenters. The smallest absolute Gasteiger partial charge is 0.290 e. The molecule has 3 aromatic rings. The van der Waals surface area contributed by atoms with E-state index in [-0.39, 0.29) is 11.9 Å². The van der Waals surface area contributed by atoms with Gasteiger partial charge in [-0.2, -0.15) is 0 Å². The van der Waals surface area contributed by atoms with Crippen LogP contribution in [0.2, 0.25) is 0 Å². The number of benzene rings is 2. The summed E-state index contributed by atoms with van der Waals surface area (Å²) >= 11 is 0. The fourth-order valence-electron chi connectivity index (χ4n) is 3.52. The van der Waals surface area contributed by atoms with Crippen molar-refractivity contribution in [1.29, 1.82) is 0 Å². The van der Waals surface area contributed by atoms with Crippen molar-refractivity contribution < 1.29 is 18.7 Å². The molecular formula is C26H32N2O4. The van der Waals surface area contributed by atoms with Crippen LogP contribution in [-0.4, -0.2) is 45.2 Å². The number of rotatable bonds is 9. The first-order chi connectivity index (χ1) is 15.3. The van der Waals surface area contributed by atoms with Crippen molar-refractivity contribution >= 4 is 11.6 Å². The molecule has 6 nitrogen and oxygen atoms in total. The summed E-state index contributed by atoms with van der Waals surface area (Å²) in [6, 6.07) is 17.5. The van der Waals surface area contributed by atoms with E-state index in [0.29, 0.717) is 24.5 Å². The third-order valence-electron chi connectivity index (χ3n) is 5.41. The van der Waals surface area contributed by atoms with Crippen molar-refractivity contribution in [2.24, 2.45) is 0 Å². The van der Waals surface area contributed by atoms with E-state index in [2.05, 4.69) is 29.2 Å². The van der Waals surface area contributed by atoms with Gasteiger partial charge in [0.25, 0.3) is 5.91 Å². The van der Waals surface area contributed by atoms with Crippen molar-refractivity contribution in [2.45, 2.75) is 32.9 Å². The monoisotopic (exact) mass is 436 g/mol. The first kappa shape index (κ1) is 23.3. The lowest BCUT2D eigenvalue weighted by Gasteiger charge is -2.26. The number of methoxy groups -OCH3 is 2. The Kier molecular flexibility index (Phi) is 7.46. The highest BCUT2D eigenvalue weighted by Gasteiger charge is 2.22. The van der Waals surface area contributed by atoms with Crippen LogP contribution in [0, 0.1) is 0 Å². The molecule has 0 fully saturated rings. The summed E-state index contributed by atoms with van der Waals surface area (Å²) in [7, 11) is 7.28. The number of hydrogen-bond acceptors (Lipinski definition) is 5. The number of ether oxygens (including phenoxy) is 2. The Labute approximate surface area is 190 Å². The second-order valence-electron chi connectivity index (χ2n) is 8.21. The first-order valence-electron chi connectivity index (χ1n) is 10.7.